The molecule has 27 heavy (non-hydrogen) atoms. The summed E-state index contributed by atoms with van der Waals surface area (Å²) in [6.07, 6.45) is 2.11. The summed E-state index contributed by atoms with van der Waals surface area (Å²) < 4.78 is 33.5. The Balaban J connectivity index is 1.38. The summed E-state index contributed by atoms with van der Waals surface area (Å²) in [5.41, 5.74) is 0. The first kappa shape index (κ1) is 19.6. The number of ether oxygens (including phenoxy) is 1. The highest BCUT2D eigenvalue weighted by atomic mass is 32.2. The maximum atomic E-state index is 12.2. The Morgan fingerprint density at radius 2 is 2.04 bits per heavy atom. The van der Waals surface area contributed by atoms with Crippen molar-refractivity contribution in [2.75, 3.05) is 26.0 Å². The van der Waals surface area contributed by atoms with E-state index in [0.29, 0.717) is 16.9 Å². The molecule has 146 valence electrons. The smallest absolute Gasteiger partial charge is 0.240 e. The molecule has 1 aromatic carbocycles. The summed E-state index contributed by atoms with van der Waals surface area (Å²) in [5.74, 6) is 0.527. The van der Waals surface area contributed by atoms with E-state index in [1.165, 1.54) is 31.0 Å². The standard InChI is InChI=1S/C15H20N6O4S2/c1-25-12-4-6-13(7-5-12)27(23,24)17-9-8-16-14(22)10-26-15-18-19-20-21(15)11-2-3-11/h4-7,11,17H,2-3,8-10H2,1H3,(H,16,22). The van der Waals surface area contributed by atoms with Crippen LogP contribution in [0.4, 0.5) is 0 Å². The van der Waals surface area contributed by atoms with E-state index >= 15 is 0 Å². The van der Waals surface area contributed by atoms with Crippen LogP contribution < -0.4 is 14.8 Å². The van der Waals surface area contributed by atoms with Crippen molar-refractivity contribution in [3.05, 3.63) is 24.3 Å². The largest absolute Gasteiger partial charge is 0.497 e. The Labute approximate surface area is 161 Å². The van der Waals surface area contributed by atoms with Gasteiger partial charge in [0.05, 0.1) is 23.8 Å². The van der Waals surface area contributed by atoms with Crippen LogP contribution in [0.15, 0.2) is 34.3 Å². The van der Waals surface area contributed by atoms with Crippen molar-refractivity contribution in [2.24, 2.45) is 0 Å². The van der Waals surface area contributed by atoms with Crippen LogP contribution >= 0.6 is 11.8 Å². The third-order valence-electron chi connectivity index (χ3n) is 3.80. The van der Waals surface area contributed by atoms with Gasteiger partial charge in [0.15, 0.2) is 0 Å². The van der Waals surface area contributed by atoms with Gasteiger partial charge in [-0.2, -0.15) is 0 Å². The number of benzene rings is 1. The van der Waals surface area contributed by atoms with Crippen LogP contribution in [0.3, 0.4) is 0 Å². The normalized spacial score (nSPS) is 14.1. The molecule has 0 unspecified atom stereocenters. The molecule has 10 nitrogen and oxygen atoms in total. The SMILES string of the molecule is COc1ccc(S(=O)(=O)NCCNC(=O)CSc2nnnn2C2CC2)cc1. The van der Waals surface area contributed by atoms with Gasteiger partial charge in [0.25, 0.3) is 0 Å². The average molecular weight is 412 g/mol. The van der Waals surface area contributed by atoms with E-state index in [1.54, 1.807) is 16.8 Å². The summed E-state index contributed by atoms with van der Waals surface area (Å²) in [4.78, 5) is 12.0. The van der Waals surface area contributed by atoms with Crippen LogP contribution in [0.1, 0.15) is 18.9 Å². The van der Waals surface area contributed by atoms with E-state index in [0.717, 1.165) is 12.8 Å². The van der Waals surface area contributed by atoms with E-state index in [1.807, 2.05) is 0 Å². The fourth-order valence-corrected chi connectivity index (χ4v) is 4.04. The number of aromatic nitrogens is 4. The van der Waals surface area contributed by atoms with Gasteiger partial charge in [-0.3, -0.25) is 4.79 Å². The van der Waals surface area contributed by atoms with Crippen molar-refractivity contribution < 1.29 is 17.9 Å². The van der Waals surface area contributed by atoms with E-state index in [4.69, 9.17) is 4.74 Å². The Morgan fingerprint density at radius 1 is 1.30 bits per heavy atom. The lowest BCUT2D eigenvalue weighted by molar-refractivity contribution is -0.118. The zero-order valence-corrected chi connectivity index (χ0v) is 16.3. The predicted molar refractivity (Wildman–Crippen MR) is 98.0 cm³/mol. The second-order valence-electron chi connectivity index (χ2n) is 5.85. The highest BCUT2D eigenvalue weighted by Crippen LogP contribution is 2.36. The maximum Gasteiger partial charge on any atom is 0.240 e. The molecule has 1 aliphatic carbocycles. The number of rotatable bonds is 10. The van der Waals surface area contributed by atoms with Crippen LogP contribution in [0.5, 0.6) is 5.75 Å². The van der Waals surface area contributed by atoms with E-state index in [2.05, 4.69) is 25.6 Å². The molecule has 12 heteroatoms. The number of methoxy groups -OCH3 is 1. The fourth-order valence-electron chi connectivity index (χ4n) is 2.24. The lowest BCUT2D eigenvalue weighted by atomic mass is 10.3. The average Bonchev–Trinajstić information content (AvgIpc) is 3.41. The highest BCUT2D eigenvalue weighted by molar-refractivity contribution is 7.99. The topological polar surface area (TPSA) is 128 Å². The molecule has 1 heterocycles. The zero-order chi connectivity index (χ0) is 19.3. The molecule has 0 aliphatic heterocycles. The van der Waals surface area contributed by atoms with Gasteiger partial charge in [-0.25, -0.2) is 17.8 Å². The van der Waals surface area contributed by atoms with Gasteiger partial charge in [0.1, 0.15) is 5.75 Å². The van der Waals surface area contributed by atoms with Crippen molar-refractivity contribution in [2.45, 2.75) is 28.9 Å². The first-order valence-corrected chi connectivity index (χ1v) is 10.8. The molecule has 0 spiro atoms. The molecular weight excluding hydrogens is 392 g/mol. The number of carbonyl (C=O) groups excluding carboxylic acids is 1. The van der Waals surface area contributed by atoms with Crippen LogP contribution in [0, 0.1) is 0 Å². The minimum atomic E-state index is -3.63. The van der Waals surface area contributed by atoms with Crippen LogP contribution in [0.2, 0.25) is 0 Å². The molecule has 0 saturated heterocycles. The van der Waals surface area contributed by atoms with Crippen LogP contribution in [-0.4, -0.2) is 60.5 Å². The van der Waals surface area contributed by atoms with Crippen molar-refractivity contribution in [3.63, 3.8) is 0 Å². The second kappa shape index (κ2) is 8.67. The van der Waals surface area contributed by atoms with Gasteiger partial charge in [0, 0.05) is 13.1 Å². The molecule has 0 bridgehead atoms. The quantitative estimate of drug-likeness (QED) is 0.418. The van der Waals surface area contributed by atoms with E-state index in [-0.39, 0.29) is 29.6 Å². The fraction of sp³-hybridized carbons (Fsp3) is 0.467. The summed E-state index contributed by atoms with van der Waals surface area (Å²) >= 11 is 1.26. The molecule has 1 fully saturated rings. The summed E-state index contributed by atoms with van der Waals surface area (Å²) in [6.45, 7) is 0.271. The maximum absolute atomic E-state index is 12.2. The van der Waals surface area contributed by atoms with Crippen molar-refractivity contribution >= 4 is 27.7 Å². The lowest BCUT2D eigenvalue weighted by Crippen LogP contribution is -2.35. The first-order valence-electron chi connectivity index (χ1n) is 8.30. The number of thioether (sulfide) groups is 1. The second-order valence-corrected chi connectivity index (χ2v) is 8.56. The monoisotopic (exact) mass is 412 g/mol. The number of hydrogen-bond acceptors (Lipinski definition) is 8. The number of amides is 1. The molecule has 2 N–H and O–H groups in total. The number of nitrogens with one attached hydrogen (secondary N) is 2. The van der Waals surface area contributed by atoms with Crippen LogP contribution in [0.25, 0.3) is 0 Å². The number of hydrogen-bond donors (Lipinski definition) is 2. The van der Waals surface area contributed by atoms with E-state index in [9.17, 15) is 13.2 Å². The van der Waals surface area contributed by atoms with Crippen molar-refractivity contribution in [3.8, 4) is 5.75 Å². The Morgan fingerprint density at radius 3 is 2.70 bits per heavy atom. The lowest BCUT2D eigenvalue weighted by Gasteiger charge is -2.08. The summed E-state index contributed by atoms with van der Waals surface area (Å²) in [7, 11) is -2.12. The highest BCUT2D eigenvalue weighted by Gasteiger charge is 2.28. The molecule has 1 aromatic heterocycles. The number of tetrazole rings is 1. The Bertz CT molecular complexity index is 880. The Kier molecular flexibility index (Phi) is 6.29. The van der Waals surface area contributed by atoms with Crippen molar-refractivity contribution in [1.29, 1.82) is 0 Å². The van der Waals surface area contributed by atoms with Gasteiger partial charge in [-0.15, -0.1) is 5.10 Å². The molecule has 1 saturated carbocycles. The Hall–Kier alpha value is -2.18. The molecule has 1 amide bonds. The molecule has 3 rings (SSSR count). The number of carbonyl (C=O) groups is 1. The molecule has 1 aliphatic rings. The van der Waals surface area contributed by atoms with E-state index < -0.39 is 10.0 Å². The summed E-state index contributed by atoms with van der Waals surface area (Å²) in [5, 5.41) is 14.7. The van der Waals surface area contributed by atoms with Crippen LogP contribution in [-0.2, 0) is 14.8 Å². The third-order valence-corrected chi connectivity index (χ3v) is 6.21. The molecule has 0 radical (unpaired) electrons. The third kappa shape index (κ3) is 5.40. The zero-order valence-electron chi connectivity index (χ0n) is 14.7. The minimum absolute atomic E-state index is 0.0879. The van der Waals surface area contributed by atoms with Gasteiger partial charge in [-0.1, -0.05) is 11.8 Å². The first-order chi connectivity index (χ1) is 13.0. The molecule has 2 aromatic rings. The van der Waals surface area contributed by atoms with Gasteiger partial charge in [0.2, 0.25) is 21.1 Å². The van der Waals surface area contributed by atoms with Gasteiger partial charge in [-0.05, 0) is 47.5 Å². The minimum Gasteiger partial charge on any atom is -0.497 e. The molecular formula is C15H20N6O4S2. The van der Waals surface area contributed by atoms with Gasteiger partial charge < -0.3 is 10.1 Å². The number of sulfonamides is 1. The van der Waals surface area contributed by atoms with Gasteiger partial charge >= 0.3 is 0 Å². The number of nitrogens with zero attached hydrogens (tertiary/aromatic N) is 4. The van der Waals surface area contributed by atoms with Crippen molar-refractivity contribution in [1.82, 2.24) is 30.2 Å². The summed E-state index contributed by atoms with van der Waals surface area (Å²) in [6, 6.07) is 6.41. The molecule has 0 atom stereocenters. The predicted octanol–water partition coefficient (Wildman–Crippen LogP) is 0.203.